The first-order valence-electron chi connectivity index (χ1n) is 3.54. The van der Waals surface area contributed by atoms with Crippen molar-refractivity contribution in [2.45, 2.75) is 13.3 Å². The molecule has 1 amide bonds. The Balaban J connectivity index is 3.57. The van der Waals surface area contributed by atoms with Gasteiger partial charge in [-0.2, -0.15) is 0 Å². The van der Waals surface area contributed by atoms with E-state index in [1.807, 2.05) is 0 Å². The Morgan fingerprint density at radius 1 is 1.50 bits per heavy atom. The SMILES string of the molecule is C=C(C)CC(=O)NCC(=O)OC. The van der Waals surface area contributed by atoms with Gasteiger partial charge in [-0.25, -0.2) is 0 Å². The van der Waals surface area contributed by atoms with Crippen molar-refractivity contribution in [2.75, 3.05) is 13.7 Å². The van der Waals surface area contributed by atoms with Crippen molar-refractivity contribution >= 4 is 11.9 Å². The summed E-state index contributed by atoms with van der Waals surface area (Å²) >= 11 is 0. The van der Waals surface area contributed by atoms with E-state index in [0.29, 0.717) is 0 Å². The van der Waals surface area contributed by atoms with E-state index >= 15 is 0 Å². The molecule has 0 aromatic carbocycles. The van der Waals surface area contributed by atoms with Gasteiger partial charge in [0, 0.05) is 6.42 Å². The molecule has 0 rings (SSSR count). The molecule has 12 heavy (non-hydrogen) atoms. The predicted molar refractivity (Wildman–Crippen MR) is 44.5 cm³/mol. The first kappa shape index (κ1) is 10.7. The number of carbonyl (C=O) groups is 2. The number of carbonyl (C=O) groups excluding carboxylic acids is 2. The Bertz CT molecular complexity index is 198. The smallest absolute Gasteiger partial charge is 0.325 e. The van der Waals surface area contributed by atoms with Crippen LogP contribution in [0.2, 0.25) is 0 Å². The highest BCUT2D eigenvalue weighted by molar-refractivity contribution is 5.83. The molecule has 0 spiro atoms. The van der Waals surface area contributed by atoms with Crippen LogP contribution >= 0.6 is 0 Å². The van der Waals surface area contributed by atoms with Crippen LogP contribution in [0.3, 0.4) is 0 Å². The van der Waals surface area contributed by atoms with Crippen LogP contribution in [0.15, 0.2) is 12.2 Å². The van der Waals surface area contributed by atoms with Gasteiger partial charge >= 0.3 is 5.97 Å². The fourth-order valence-corrected chi connectivity index (χ4v) is 0.580. The van der Waals surface area contributed by atoms with E-state index in [1.54, 1.807) is 6.92 Å². The van der Waals surface area contributed by atoms with Gasteiger partial charge < -0.3 is 10.1 Å². The maximum atomic E-state index is 10.9. The Kier molecular flexibility index (Phi) is 4.76. The highest BCUT2D eigenvalue weighted by Gasteiger charge is 2.04. The van der Waals surface area contributed by atoms with Crippen LogP contribution < -0.4 is 5.32 Å². The fraction of sp³-hybridized carbons (Fsp3) is 0.500. The highest BCUT2D eigenvalue weighted by atomic mass is 16.5. The standard InChI is InChI=1S/C8H13NO3/c1-6(2)4-7(10)9-5-8(11)12-3/h1,4-5H2,2-3H3,(H,9,10). The van der Waals surface area contributed by atoms with Gasteiger partial charge in [0.2, 0.25) is 5.91 Å². The second kappa shape index (κ2) is 5.35. The average molecular weight is 171 g/mol. The Hall–Kier alpha value is -1.32. The second-order valence-electron chi connectivity index (χ2n) is 2.49. The van der Waals surface area contributed by atoms with E-state index in [-0.39, 0.29) is 18.9 Å². The summed E-state index contributed by atoms with van der Waals surface area (Å²) < 4.78 is 4.33. The van der Waals surface area contributed by atoms with E-state index in [0.717, 1.165) is 5.57 Å². The van der Waals surface area contributed by atoms with Crippen LogP contribution in [-0.2, 0) is 14.3 Å². The molecule has 0 bridgehead atoms. The Morgan fingerprint density at radius 3 is 2.50 bits per heavy atom. The summed E-state index contributed by atoms with van der Waals surface area (Å²) in [4.78, 5) is 21.4. The quantitative estimate of drug-likeness (QED) is 0.487. The van der Waals surface area contributed by atoms with Gasteiger partial charge in [-0.05, 0) is 6.92 Å². The van der Waals surface area contributed by atoms with Crippen molar-refractivity contribution < 1.29 is 14.3 Å². The summed E-state index contributed by atoms with van der Waals surface area (Å²) in [6.45, 7) is 5.23. The average Bonchev–Trinajstić information content (AvgIpc) is 1.99. The van der Waals surface area contributed by atoms with E-state index in [2.05, 4.69) is 16.6 Å². The lowest BCUT2D eigenvalue weighted by molar-refractivity contribution is -0.141. The number of ether oxygens (including phenoxy) is 1. The van der Waals surface area contributed by atoms with Crippen molar-refractivity contribution in [3.8, 4) is 0 Å². The zero-order valence-corrected chi connectivity index (χ0v) is 7.35. The molecule has 4 nitrogen and oxygen atoms in total. The van der Waals surface area contributed by atoms with Crippen molar-refractivity contribution in [3.63, 3.8) is 0 Å². The van der Waals surface area contributed by atoms with Crippen LogP contribution in [0.5, 0.6) is 0 Å². The molecule has 1 N–H and O–H groups in total. The molecular formula is C8H13NO3. The zero-order chi connectivity index (χ0) is 9.56. The summed E-state index contributed by atoms with van der Waals surface area (Å²) in [7, 11) is 1.27. The number of amides is 1. The predicted octanol–water partition coefficient (Wildman–Crippen LogP) is 0.242. The molecule has 0 aliphatic heterocycles. The van der Waals surface area contributed by atoms with Gasteiger partial charge in [0.1, 0.15) is 6.54 Å². The molecule has 0 atom stereocenters. The first-order valence-corrected chi connectivity index (χ1v) is 3.54. The topological polar surface area (TPSA) is 55.4 Å². The van der Waals surface area contributed by atoms with Gasteiger partial charge in [-0.15, -0.1) is 0 Å². The molecule has 0 aliphatic carbocycles. The summed E-state index contributed by atoms with van der Waals surface area (Å²) in [5.41, 5.74) is 0.761. The molecule has 0 fully saturated rings. The van der Waals surface area contributed by atoms with Gasteiger partial charge in [-0.1, -0.05) is 12.2 Å². The monoisotopic (exact) mass is 171 g/mol. The summed E-state index contributed by atoms with van der Waals surface area (Å²) in [5, 5.41) is 2.39. The number of rotatable bonds is 4. The summed E-state index contributed by atoms with van der Waals surface area (Å²) in [6, 6.07) is 0. The van der Waals surface area contributed by atoms with E-state index < -0.39 is 5.97 Å². The van der Waals surface area contributed by atoms with Crippen LogP contribution in [0.25, 0.3) is 0 Å². The highest BCUT2D eigenvalue weighted by Crippen LogP contribution is 1.93. The van der Waals surface area contributed by atoms with Crippen molar-refractivity contribution in [3.05, 3.63) is 12.2 Å². The van der Waals surface area contributed by atoms with Gasteiger partial charge in [0.15, 0.2) is 0 Å². The zero-order valence-electron chi connectivity index (χ0n) is 7.35. The summed E-state index contributed by atoms with van der Waals surface area (Å²) in [6.07, 6.45) is 0.247. The number of nitrogens with one attached hydrogen (secondary N) is 1. The largest absolute Gasteiger partial charge is 0.468 e. The molecule has 0 heterocycles. The molecular weight excluding hydrogens is 158 g/mol. The molecule has 0 unspecified atom stereocenters. The molecule has 68 valence electrons. The van der Waals surface area contributed by atoms with Gasteiger partial charge in [0.05, 0.1) is 7.11 Å². The van der Waals surface area contributed by atoms with E-state index in [4.69, 9.17) is 0 Å². The second-order valence-corrected chi connectivity index (χ2v) is 2.49. The van der Waals surface area contributed by atoms with Crippen molar-refractivity contribution in [1.29, 1.82) is 0 Å². The minimum absolute atomic E-state index is 0.0807. The number of methoxy groups -OCH3 is 1. The molecule has 0 radical (unpaired) electrons. The fourth-order valence-electron chi connectivity index (χ4n) is 0.580. The minimum atomic E-state index is -0.454. The molecule has 0 aromatic heterocycles. The molecule has 4 heteroatoms. The maximum Gasteiger partial charge on any atom is 0.325 e. The lowest BCUT2D eigenvalue weighted by Crippen LogP contribution is -2.29. The van der Waals surface area contributed by atoms with Crippen LogP contribution in [0.1, 0.15) is 13.3 Å². The third-order valence-electron chi connectivity index (χ3n) is 1.12. The van der Waals surface area contributed by atoms with Crippen molar-refractivity contribution in [1.82, 2.24) is 5.32 Å². The number of esters is 1. The lowest BCUT2D eigenvalue weighted by atomic mass is 10.2. The Morgan fingerprint density at radius 2 is 2.08 bits per heavy atom. The van der Waals surface area contributed by atoms with Crippen LogP contribution in [0, 0.1) is 0 Å². The molecule has 0 saturated heterocycles. The van der Waals surface area contributed by atoms with Crippen LogP contribution in [-0.4, -0.2) is 25.5 Å². The molecule has 0 aliphatic rings. The molecule has 0 aromatic rings. The normalized spacial score (nSPS) is 8.83. The Labute approximate surface area is 71.6 Å². The number of hydrogen-bond acceptors (Lipinski definition) is 3. The molecule has 0 saturated carbocycles. The number of hydrogen-bond donors (Lipinski definition) is 1. The lowest BCUT2D eigenvalue weighted by Gasteiger charge is -2.02. The van der Waals surface area contributed by atoms with Crippen molar-refractivity contribution in [2.24, 2.45) is 0 Å². The van der Waals surface area contributed by atoms with Crippen LogP contribution in [0.4, 0.5) is 0 Å². The summed E-state index contributed by atoms with van der Waals surface area (Å²) in [5.74, 6) is -0.669. The van der Waals surface area contributed by atoms with E-state index in [9.17, 15) is 9.59 Å². The van der Waals surface area contributed by atoms with E-state index in [1.165, 1.54) is 7.11 Å². The van der Waals surface area contributed by atoms with Gasteiger partial charge in [-0.3, -0.25) is 9.59 Å². The first-order chi connectivity index (χ1) is 5.56. The minimum Gasteiger partial charge on any atom is -0.468 e. The third-order valence-corrected chi connectivity index (χ3v) is 1.12. The van der Waals surface area contributed by atoms with Gasteiger partial charge in [0.25, 0.3) is 0 Å². The maximum absolute atomic E-state index is 10.9. The third kappa shape index (κ3) is 5.46.